The Bertz CT molecular complexity index is 836. The highest BCUT2D eigenvalue weighted by atomic mass is 16.5. The van der Waals surface area contributed by atoms with Gasteiger partial charge in [0.2, 0.25) is 0 Å². The fraction of sp³-hybridized carbons (Fsp3) is 0.409. The van der Waals surface area contributed by atoms with Crippen molar-refractivity contribution in [2.75, 3.05) is 7.11 Å². The van der Waals surface area contributed by atoms with Crippen molar-refractivity contribution in [2.24, 2.45) is 5.92 Å². The summed E-state index contributed by atoms with van der Waals surface area (Å²) < 4.78 is 7.47. The van der Waals surface area contributed by atoms with E-state index in [1.807, 2.05) is 32.0 Å². The summed E-state index contributed by atoms with van der Waals surface area (Å²) >= 11 is 0. The Morgan fingerprint density at radius 3 is 1.97 bits per heavy atom. The van der Waals surface area contributed by atoms with Gasteiger partial charge in [-0.1, -0.05) is 26.7 Å². The van der Waals surface area contributed by atoms with Crippen molar-refractivity contribution >= 4 is 18.1 Å². The summed E-state index contributed by atoms with van der Waals surface area (Å²) in [5.41, 5.74) is 1.87. The standard InChI is InChI=1S/C20H25NO2.2CO2/c1-15(2)19(22)20(12-4-5-13-20)21-14-6-7-18(21)16-8-10-17(23-3)11-9-16;2*2-1-3/h6-11,14-15H,4-5,12-13H2,1-3H3;;. The molecule has 1 aliphatic rings. The molecule has 1 fully saturated rings. The molecule has 1 saturated carbocycles. The topological polar surface area (TPSA) is 99.5 Å². The molecule has 0 N–H and O–H groups in total. The third-order valence-electron chi connectivity index (χ3n) is 5.01. The van der Waals surface area contributed by atoms with Crippen LogP contribution in [0.1, 0.15) is 39.5 Å². The molecule has 2 aromatic rings. The van der Waals surface area contributed by atoms with Gasteiger partial charge in [0.1, 0.15) is 11.3 Å². The zero-order valence-electron chi connectivity index (χ0n) is 16.8. The maximum Gasteiger partial charge on any atom is 0.373 e. The number of carbonyl (C=O) groups excluding carboxylic acids is 5. The molecule has 1 aromatic heterocycles. The number of methoxy groups -OCH3 is 1. The zero-order valence-corrected chi connectivity index (χ0v) is 16.8. The lowest BCUT2D eigenvalue weighted by Gasteiger charge is -2.33. The Balaban J connectivity index is 0.000000626. The normalized spacial score (nSPS) is 13.8. The first kappa shape index (κ1) is 23.8. The van der Waals surface area contributed by atoms with Gasteiger partial charge in [-0.15, -0.1) is 0 Å². The summed E-state index contributed by atoms with van der Waals surface area (Å²) in [4.78, 5) is 45.5. The van der Waals surface area contributed by atoms with Crippen LogP contribution in [0, 0.1) is 5.92 Å². The molecule has 0 radical (unpaired) electrons. The molecule has 1 aliphatic carbocycles. The van der Waals surface area contributed by atoms with Gasteiger partial charge in [-0.05, 0) is 54.8 Å². The van der Waals surface area contributed by atoms with E-state index in [1.165, 1.54) is 0 Å². The van der Waals surface area contributed by atoms with E-state index in [9.17, 15) is 4.79 Å². The van der Waals surface area contributed by atoms with Crippen molar-refractivity contribution in [2.45, 2.75) is 45.1 Å². The summed E-state index contributed by atoms with van der Waals surface area (Å²) in [6, 6.07) is 12.2. The third-order valence-corrected chi connectivity index (χ3v) is 5.01. The summed E-state index contributed by atoms with van der Waals surface area (Å²) in [5.74, 6) is 1.26. The number of hydrogen-bond donors (Lipinski definition) is 0. The first-order valence-electron chi connectivity index (χ1n) is 9.27. The van der Waals surface area contributed by atoms with Crippen LogP contribution in [0.4, 0.5) is 0 Å². The SMILES string of the molecule is COc1ccc(-c2cccn2C2(C(=O)C(C)C)CCCC2)cc1.O=C=O.O=C=O. The molecule has 1 aromatic carbocycles. The van der Waals surface area contributed by atoms with Crippen molar-refractivity contribution in [1.82, 2.24) is 4.57 Å². The number of nitrogens with zero attached hydrogens (tertiary/aromatic N) is 1. The predicted octanol–water partition coefficient (Wildman–Crippen LogP) is 3.49. The monoisotopic (exact) mass is 399 g/mol. The molecule has 1 heterocycles. The van der Waals surface area contributed by atoms with Crippen LogP contribution in [0.2, 0.25) is 0 Å². The Morgan fingerprint density at radius 2 is 1.52 bits per heavy atom. The van der Waals surface area contributed by atoms with Gasteiger partial charge in [-0.2, -0.15) is 19.2 Å². The Hall–Kier alpha value is -3.27. The average Bonchev–Trinajstić information content (AvgIpc) is 3.39. The smallest absolute Gasteiger partial charge is 0.373 e. The second-order valence-electron chi connectivity index (χ2n) is 6.92. The number of ketones is 1. The van der Waals surface area contributed by atoms with Crippen LogP contribution in [0.3, 0.4) is 0 Å². The van der Waals surface area contributed by atoms with E-state index in [2.05, 4.69) is 29.0 Å². The van der Waals surface area contributed by atoms with E-state index in [-0.39, 0.29) is 23.8 Å². The number of hydrogen-bond acceptors (Lipinski definition) is 6. The van der Waals surface area contributed by atoms with Crippen LogP contribution in [-0.2, 0) is 29.5 Å². The maximum atomic E-state index is 13.0. The highest BCUT2D eigenvalue weighted by Crippen LogP contribution is 2.42. The number of benzene rings is 1. The van der Waals surface area contributed by atoms with Crippen molar-refractivity contribution in [1.29, 1.82) is 0 Å². The number of aromatic nitrogens is 1. The van der Waals surface area contributed by atoms with Crippen molar-refractivity contribution in [3.8, 4) is 17.0 Å². The Kier molecular flexibility index (Phi) is 9.46. The molecular weight excluding hydrogens is 374 g/mol. The van der Waals surface area contributed by atoms with Gasteiger partial charge in [0, 0.05) is 17.8 Å². The zero-order chi connectivity index (χ0) is 21.9. The van der Waals surface area contributed by atoms with Crippen LogP contribution >= 0.6 is 0 Å². The second kappa shape index (κ2) is 11.5. The van der Waals surface area contributed by atoms with E-state index in [1.54, 1.807) is 7.11 Å². The number of ether oxygens (including phenoxy) is 1. The lowest BCUT2D eigenvalue weighted by molar-refractivity contribution is -0.193. The first-order chi connectivity index (χ1) is 13.9. The highest BCUT2D eigenvalue weighted by Gasteiger charge is 2.44. The van der Waals surface area contributed by atoms with Gasteiger partial charge in [-0.3, -0.25) is 4.79 Å². The minimum atomic E-state index is -0.368. The van der Waals surface area contributed by atoms with Gasteiger partial charge in [0.25, 0.3) is 0 Å². The van der Waals surface area contributed by atoms with E-state index < -0.39 is 0 Å². The fourth-order valence-corrected chi connectivity index (χ4v) is 3.85. The molecule has 0 aliphatic heterocycles. The van der Waals surface area contributed by atoms with Gasteiger partial charge < -0.3 is 9.30 Å². The molecule has 154 valence electrons. The quantitative estimate of drug-likeness (QED) is 0.763. The van der Waals surface area contributed by atoms with E-state index in [0.717, 1.165) is 42.7 Å². The maximum absolute atomic E-state index is 13.0. The van der Waals surface area contributed by atoms with E-state index in [4.69, 9.17) is 23.9 Å². The van der Waals surface area contributed by atoms with Crippen LogP contribution < -0.4 is 4.74 Å². The molecular formula is C22H25NO6. The molecule has 7 heteroatoms. The van der Waals surface area contributed by atoms with Crippen molar-refractivity contribution in [3.63, 3.8) is 0 Å². The number of rotatable bonds is 5. The van der Waals surface area contributed by atoms with Crippen molar-refractivity contribution < 1.29 is 28.7 Å². The van der Waals surface area contributed by atoms with E-state index >= 15 is 0 Å². The molecule has 0 spiro atoms. The largest absolute Gasteiger partial charge is 0.497 e. The van der Waals surface area contributed by atoms with Crippen molar-refractivity contribution in [3.05, 3.63) is 42.6 Å². The molecule has 3 rings (SSSR count). The molecule has 0 amide bonds. The molecule has 0 atom stereocenters. The molecule has 0 unspecified atom stereocenters. The van der Waals surface area contributed by atoms with Gasteiger partial charge in [0.05, 0.1) is 7.11 Å². The minimum Gasteiger partial charge on any atom is -0.497 e. The summed E-state index contributed by atoms with van der Waals surface area (Å²) in [6.07, 6.45) is 6.71. The fourth-order valence-electron chi connectivity index (χ4n) is 3.85. The first-order valence-corrected chi connectivity index (χ1v) is 9.27. The lowest BCUT2D eigenvalue weighted by Crippen LogP contribution is -2.41. The third kappa shape index (κ3) is 5.61. The van der Waals surface area contributed by atoms with Gasteiger partial charge in [-0.25, -0.2) is 0 Å². The van der Waals surface area contributed by atoms with Crippen LogP contribution in [0.5, 0.6) is 5.75 Å². The predicted molar refractivity (Wildman–Crippen MR) is 103 cm³/mol. The van der Waals surface area contributed by atoms with Crippen LogP contribution in [0.25, 0.3) is 11.3 Å². The van der Waals surface area contributed by atoms with Crippen LogP contribution in [0.15, 0.2) is 42.6 Å². The summed E-state index contributed by atoms with van der Waals surface area (Å²) in [6.45, 7) is 4.03. The van der Waals surface area contributed by atoms with Gasteiger partial charge in [0.15, 0.2) is 5.78 Å². The lowest BCUT2D eigenvalue weighted by atomic mass is 9.85. The minimum absolute atomic E-state index is 0.0548. The Morgan fingerprint density at radius 1 is 1.00 bits per heavy atom. The van der Waals surface area contributed by atoms with Gasteiger partial charge >= 0.3 is 12.3 Å². The van der Waals surface area contributed by atoms with Crippen LogP contribution in [-0.4, -0.2) is 29.8 Å². The highest BCUT2D eigenvalue weighted by molar-refractivity contribution is 5.89. The molecule has 7 nitrogen and oxygen atoms in total. The molecule has 0 bridgehead atoms. The second-order valence-corrected chi connectivity index (χ2v) is 6.92. The van der Waals surface area contributed by atoms with E-state index in [0.29, 0.717) is 5.78 Å². The average molecular weight is 399 g/mol. The molecule has 29 heavy (non-hydrogen) atoms. The number of carbonyl (C=O) groups is 1. The summed E-state index contributed by atoms with van der Waals surface area (Å²) in [5, 5.41) is 0. The Labute approximate surface area is 169 Å². The summed E-state index contributed by atoms with van der Waals surface area (Å²) in [7, 11) is 1.67. The molecule has 0 saturated heterocycles. The number of Topliss-reactive ketones (excluding diaryl/α,β-unsaturated/α-hetero) is 1.